The van der Waals surface area contributed by atoms with Crippen LogP contribution in [-0.2, 0) is 13.1 Å². The maximum absolute atomic E-state index is 14.2. The Morgan fingerprint density at radius 1 is 0.903 bits per heavy atom. The smallest absolute Gasteiger partial charge is 0.143 e. The molecule has 3 heterocycles. The molecule has 0 aliphatic carbocycles. The fourth-order valence-electron chi connectivity index (χ4n) is 3.56. The van der Waals surface area contributed by atoms with Crippen molar-refractivity contribution in [2.45, 2.75) is 13.1 Å². The first kappa shape index (κ1) is 20.1. The van der Waals surface area contributed by atoms with E-state index < -0.39 is 0 Å². The van der Waals surface area contributed by atoms with Gasteiger partial charge < -0.3 is 9.13 Å². The Bertz CT molecular complexity index is 1360. The van der Waals surface area contributed by atoms with Gasteiger partial charge in [0.15, 0.2) is 0 Å². The van der Waals surface area contributed by atoms with Crippen LogP contribution < -0.4 is 0 Å². The van der Waals surface area contributed by atoms with E-state index in [1.807, 2.05) is 29.1 Å². The summed E-state index contributed by atoms with van der Waals surface area (Å²) in [5.41, 5.74) is 4.48. The number of rotatable bonds is 5. The molecule has 0 saturated carbocycles. The summed E-state index contributed by atoms with van der Waals surface area (Å²) >= 11 is 6.79. The third kappa shape index (κ3) is 4.18. The van der Waals surface area contributed by atoms with E-state index >= 15 is 0 Å². The summed E-state index contributed by atoms with van der Waals surface area (Å²) in [6, 6.07) is 13.5. The molecule has 0 radical (unpaired) electrons. The van der Waals surface area contributed by atoms with Gasteiger partial charge in [0.2, 0.25) is 0 Å². The monoisotopic (exact) mass is 539 g/mol. The molecule has 3 aromatic heterocycles. The maximum Gasteiger partial charge on any atom is 0.143 e. The zero-order valence-corrected chi connectivity index (χ0v) is 19.4. The summed E-state index contributed by atoms with van der Waals surface area (Å²) in [6.45, 7) is 1.26. The van der Waals surface area contributed by atoms with Crippen molar-refractivity contribution in [1.82, 2.24) is 24.1 Å². The maximum atomic E-state index is 14.2. The average molecular weight is 541 g/mol. The molecule has 0 N–H and O–H groups in total. The predicted molar refractivity (Wildman–Crippen MR) is 125 cm³/mol. The van der Waals surface area contributed by atoms with Gasteiger partial charge >= 0.3 is 0 Å². The second-order valence-electron chi connectivity index (χ2n) is 7.22. The summed E-state index contributed by atoms with van der Waals surface area (Å²) in [5.74, 6) is 0.412. The molecule has 154 valence electrons. The molecule has 31 heavy (non-hydrogen) atoms. The summed E-state index contributed by atoms with van der Waals surface area (Å²) in [7, 11) is 0. The molecule has 0 atom stereocenters. The molecule has 0 fully saturated rings. The quantitative estimate of drug-likeness (QED) is 0.272. The average Bonchev–Trinajstić information content (AvgIpc) is 3.39. The highest BCUT2D eigenvalue weighted by Crippen LogP contribution is 2.30. The van der Waals surface area contributed by atoms with E-state index in [9.17, 15) is 4.39 Å². The highest BCUT2D eigenvalue weighted by molar-refractivity contribution is 9.10. The number of halogens is 3. The number of aromatic nitrogens is 5. The number of benzene rings is 2. The second kappa shape index (κ2) is 8.36. The Kier molecular flexibility index (Phi) is 5.41. The molecule has 0 unspecified atom stereocenters. The molecular formula is C23H16Br2FN5. The van der Waals surface area contributed by atoms with E-state index in [1.165, 1.54) is 6.07 Å². The van der Waals surface area contributed by atoms with Crippen molar-refractivity contribution in [3.05, 3.63) is 99.5 Å². The molecule has 0 spiro atoms. The third-order valence-corrected chi connectivity index (χ3v) is 6.16. The van der Waals surface area contributed by atoms with Gasteiger partial charge in [-0.2, -0.15) is 0 Å². The lowest BCUT2D eigenvalue weighted by molar-refractivity contribution is 0.622. The number of hydrogen-bond acceptors (Lipinski definition) is 3. The van der Waals surface area contributed by atoms with E-state index in [-0.39, 0.29) is 5.82 Å². The van der Waals surface area contributed by atoms with Crippen LogP contribution in [0.25, 0.3) is 22.4 Å². The Morgan fingerprint density at radius 2 is 1.74 bits per heavy atom. The fourth-order valence-corrected chi connectivity index (χ4v) is 4.16. The molecule has 5 aromatic rings. The Hall–Kier alpha value is -2.84. The lowest BCUT2D eigenvalue weighted by Crippen LogP contribution is -2.03. The largest absolute Gasteiger partial charge is 0.333 e. The van der Waals surface area contributed by atoms with E-state index in [2.05, 4.69) is 64.6 Å². The molecule has 0 amide bonds. The van der Waals surface area contributed by atoms with Crippen LogP contribution >= 0.6 is 31.9 Å². The lowest BCUT2D eigenvalue weighted by Gasteiger charge is -2.11. The van der Waals surface area contributed by atoms with Gasteiger partial charge in [0, 0.05) is 47.4 Å². The second-order valence-corrected chi connectivity index (χ2v) is 8.99. The zero-order chi connectivity index (χ0) is 21.4. The minimum absolute atomic E-state index is 0.334. The number of hydrogen-bond donors (Lipinski definition) is 0. The van der Waals surface area contributed by atoms with Gasteiger partial charge in [-0.05, 0) is 51.3 Å². The van der Waals surface area contributed by atoms with Crippen molar-refractivity contribution in [3.8, 4) is 11.4 Å². The molecule has 0 saturated heterocycles. The molecule has 5 nitrogen and oxygen atoms in total. The molecule has 0 bridgehead atoms. The number of imidazole rings is 2. The van der Waals surface area contributed by atoms with Gasteiger partial charge in [-0.25, -0.2) is 14.4 Å². The van der Waals surface area contributed by atoms with Crippen LogP contribution in [0, 0.1) is 5.82 Å². The van der Waals surface area contributed by atoms with Crippen molar-refractivity contribution < 1.29 is 4.39 Å². The first-order valence-corrected chi connectivity index (χ1v) is 11.2. The van der Waals surface area contributed by atoms with Gasteiger partial charge in [-0.15, -0.1) is 0 Å². The third-order valence-electron chi connectivity index (χ3n) is 5.02. The van der Waals surface area contributed by atoms with Crippen molar-refractivity contribution in [2.24, 2.45) is 0 Å². The van der Waals surface area contributed by atoms with E-state index in [1.54, 1.807) is 24.8 Å². The molecule has 2 aromatic carbocycles. The topological polar surface area (TPSA) is 48.5 Å². The Balaban J connectivity index is 1.63. The van der Waals surface area contributed by atoms with Crippen LogP contribution in [0.5, 0.6) is 0 Å². The van der Waals surface area contributed by atoms with Crippen LogP contribution in [0.15, 0.2) is 82.5 Å². The fraction of sp³-hybridized carbons (Fsp3) is 0.0870. The Morgan fingerprint density at radius 3 is 2.52 bits per heavy atom. The molecular weight excluding hydrogens is 525 g/mol. The van der Waals surface area contributed by atoms with Gasteiger partial charge in [0.05, 0.1) is 28.4 Å². The first-order chi connectivity index (χ1) is 15.1. The van der Waals surface area contributed by atoms with Crippen LogP contribution in [-0.4, -0.2) is 24.1 Å². The predicted octanol–water partition coefficient (Wildman–Crippen LogP) is 6.06. The van der Waals surface area contributed by atoms with Crippen LogP contribution in [0.2, 0.25) is 0 Å². The summed E-state index contributed by atoms with van der Waals surface area (Å²) in [5, 5.41) is 0. The number of fused-ring (bicyclic) bond motifs is 1. The molecule has 0 aliphatic rings. The van der Waals surface area contributed by atoms with E-state index in [0.717, 1.165) is 32.5 Å². The SMILES string of the molecule is Fc1cc2nc(-c3cncc(Cn4ccnc4)c3)n(Cc3ccc(Br)cc3)c2cc1Br. The minimum Gasteiger partial charge on any atom is -0.333 e. The van der Waals surface area contributed by atoms with Crippen molar-refractivity contribution >= 4 is 42.9 Å². The van der Waals surface area contributed by atoms with Crippen molar-refractivity contribution in [3.63, 3.8) is 0 Å². The number of pyridine rings is 1. The van der Waals surface area contributed by atoms with Crippen molar-refractivity contribution in [1.29, 1.82) is 0 Å². The number of nitrogens with zero attached hydrogens (tertiary/aromatic N) is 5. The molecule has 5 rings (SSSR count). The minimum atomic E-state index is -0.334. The lowest BCUT2D eigenvalue weighted by atomic mass is 10.1. The van der Waals surface area contributed by atoms with Crippen LogP contribution in [0.1, 0.15) is 11.1 Å². The van der Waals surface area contributed by atoms with Gasteiger partial charge in [-0.3, -0.25) is 4.98 Å². The summed E-state index contributed by atoms with van der Waals surface area (Å²) in [6.07, 6.45) is 9.07. The van der Waals surface area contributed by atoms with Gasteiger partial charge in [-0.1, -0.05) is 28.1 Å². The van der Waals surface area contributed by atoms with Gasteiger partial charge in [0.25, 0.3) is 0 Å². The van der Waals surface area contributed by atoms with Crippen LogP contribution in [0.4, 0.5) is 4.39 Å². The molecule has 8 heteroatoms. The molecule has 0 aliphatic heterocycles. The summed E-state index contributed by atoms with van der Waals surface area (Å²) < 4.78 is 19.7. The normalized spacial score (nSPS) is 11.3. The van der Waals surface area contributed by atoms with E-state index in [4.69, 9.17) is 4.98 Å². The van der Waals surface area contributed by atoms with Gasteiger partial charge in [0.1, 0.15) is 11.6 Å². The highest BCUT2D eigenvalue weighted by atomic mass is 79.9. The summed E-state index contributed by atoms with van der Waals surface area (Å²) in [4.78, 5) is 13.3. The first-order valence-electron chi connectivity index (χ1n) is 9.56. The highest BCUT2D eigenvalue weighted by Gasteiger charge is 2.16. The zero-order valence-electron chi connectivity index (χ0n) is 16.2. The Labute approximate surface area is 194 Å². The van der Waals surface area contributed by atoms with Crippen LogP contribution in [0.3, 0.4) is 0 Å². The standard InChI is InChI=1S/C23H16Br2FN5/c24-18-3-1-15(2-4-18)13-31-22-8-19(25)20(26)9-21(22)29-23(31)17-7-16(10-28-11-17)12-30-6-5-27-14-30/h1-11,14H,12-13H2. The van der Waals surface area contributed by atoms with E-state index in [0.29, 0.717) is 23.1 Å². The van der Waals surface area contributed by atoms with Crippen molar-refractivity contribution in [2.75, 3.05) is 0 Å².